The normalized spacial score (nSPS) is 16.4. The molecule has 1 aliphatic heterocycles. The fourth-order valence-corrected chi connectivity index (χ4v) is 3.89. The number of carboxylic acids is 1. The first-order valence-electron chi connectivity index (χ1n) is 10.1. The average molecular weight is 399 g/mol. The highest BCUT2D eigenvalue weighted by molar-refractivity contribution is 5.94. The van der Waals surface area contributed by atoms with Crippen LogP contribution in [-0.4, -0.2) is 58.0 Å². The Morgan fingerprint density at radius 1 is 1.24 bits per heavy atom. The minimum absolute atomic E-state index is 0.0473. The molecule has 29 heavy (non-hydrogen) atoms. The van der Waals surface area contributed by atoms with Gasteiger partial charge in [-0.3, -0.25) is 9.59 Å². The van der Waals surface area contributed by atoms with E-state index in [-0.39, 0.29) is 12.3 Å². The van der Waals surface area contributed by atoms with Crippen molar-refractivity contribution in [2.24, 2.45) is 5.92 Å². The monoisotopic (exact) mass is 399 g/mol. The lowest BCUT2D eigenvalue weighted by Gasteiger charge is -2.17. The van der Waals surface area contributed by atoms with Gasteiger partial charge in [-0.15, -0.1) is 0 Å². The number of hydrogen-bond donors (Lipinski definition) is 1. The van der Waals surface area contributed by atoms with Crippen LogP contribution >= 0.6 is 0 Å². The Bertz CT molecular complexity index is 873. The highest BCUT2D eigenvalue weighted by Gasteiger charge is 2.27. The third-order valence-corrected chi connectivity index (χ3v) is 5.52. The number of carboxylic acid groups (broad SMARTS) is 1. The molecule has 2 heterocycles. The summed E-state index contributed by atoms with van der Waals surface area (Å²) >= 11 is 0. The van der Waals surface area contributed by atoms with E-state index in [1.165, 1.54) is 0 Å². The molecule has 156 valence electrons. The van der Waals surface area contributed by atoms with Gasteiger partial charge in [-0.25, -0.2) is 4.68 Å². The first-order valence-corrected chi connectivity index (χ1v) is 10.1. The lowest BCUT2D eigenvalue weighted by atomic mass is 10.1. The number of hydrogen-bond acceptors (Lipinski definition) is 4. The van der Waals surface area contributed by atoms with E-state index in [0.717, 1.165) is 42.1 Å². The zero-order valence-corrected chi connectivity index (χ0v) is 17.4. The molecule has 1 N–H and O–H groups in total. The summed E-state index contributed by atoms with van der Waals surface area (Å²) in [5.41, 5.74) is 4.25. The maximum atomic E-state index is 12.8. The Kier molecular flexibility index (Phi) is 6.69. The van der Waals surface area contributed by atoms with Crippen LogP contribution in [0.1, 0.15) is 47.1 Å². The van der Waals surface area contributed by atoms with Crippen molar-refractivity contribution in [3.8, 4) is 5.69 Å². The van der Waals surface area contributed by atoms with Gasteiger partial charge >= 0.3 is 5.97 Å². The van der Waals surface area contributed by atoms with Crippen LogP contribution in [0.5, 0.6) is 0 Å². The zero-order chi connectivity index (χ0) is 21.0. The summed E-state index contributed by atoms with van der Waals surface area (Å²) in [6.07, 6.45) is 1.52. The van der Waals surface area contributed by atoms with Crippen molar-refractivity contribution >= 4 is 11.9 Å². The topological polar surface area (TPSA) is 84.7 Å². The molecule has 1 amide bonds. The molecule has 2 aromatic rings. The SMILES string of the molecule is CCOC[C@H]1CCN(C(=O)c2ccc(-n3nc(C)c(CCC(=O)O)c3C)cc2)C1. The molecular formula is C22H29N3O4. The number of rotatable bonds is 8. The second-order valence-electron chi connectivity index (χ2n) is 7.57. The fraction of sp³-hybridized carbons (Fsp3) is 0.500. The van der Waals surface area contributed by atoms with Gasteiger partial charge in [0, 0.05) is 43.3 Å². The van der Waals surface area contributed by atoms with E-state index >= 15 is 0 Å². The van der Waals surface area contributed by atoms with Crippen LogP contribution in [0.2, 0.25) is 0 Å². The van der Waals surface area contributed by atoms with E-state index in [0.29, 0.717) is 31.1 Å². The van der Waals surface area contributed by atoms with Gasteiger partial charge in [-0.1, -0.05) is 0 Å². The highest BCUT2D eigenvalue weighted by atomic mass is 16.5. The lowest BCUT2D eigenvalue weighted by molar-refractivity contribution is -0.136. The third-order valence-electron chi connectivity index (χ3n) is 5.52. The van der Waals surface area contributed by atoms with Crippen LogP contribution in [-0.2, 0) is 16.0 Å². The number of amides is 1. The lowest BCUT2D eigenvalue weighted by Crippen LogP contribution is -2.29. The number of ether oxygens (including phenoxy) is 1. The number of aliphatic carboxylic acids is 1. The van der Waals surface area contributed by atoms with Gasteiger partial charge in [0.05, 0.1) is 18.0 Å². The Labute approximate surface area is 171 Å². The molecule has 1 aliphatic rings. The van der Waals surface area contributed by atoms with Crippen molar-refractivity contribution in [3.05, 3.63) is 46.8 Å². The molecule has 1 saturated heterocycles. The van der Waals surface area contributed by atoms with E-state index in [1.807, 2.05) is 54.6 Å². The van der Waals surface area contributed by atoms with Crippen LogP contribution in [0, 0.1) is 19.8 Å². The van der Waals surface area contributed by atoms with Crippen LogP contribution in [0.25, 0.3) is 5.69 Å². The van der Waals surface area contributed by atoms with E-state index in [4.69, 9.17) is 9.84 Å². The first kappa shape index (κ1) is 21.0. The van der Waals surface area contributed by atoms with E-state index in [2.05, 4.69) is 5.10 Å². The molecule has 0 saturated carbocycles. The molecule has 0 unspecified atom stereocenters. The molecule has 0 radical (unpaired) electrons. The summed E-state index contributed by atoms with van der Waals surface area (Å²) < 4.78 is 7.30. The van der Waals surface area contributed by atoms with Gasteiger partial charge in [0.2, 0.25) is 0 Å². The second kappa shape index (κ2) is 9.22. The molecule has 0 spiro atoms. The summed E-state index contributed by atoms with van der Waals surface area (Å²) in [5.74, 6) is -0.354. The van der Waals surface area contributed by atoms with Crippen molar-refractivity contribution < 1.29 is 19.4 Å². The van der Waals surface area contributed by atoms with Gasteiger partial charge in [0.1, 0.15) is 0 Å². The van der Waals surface area contributed by atoms with Crippen molar-refractivity contribution in [1.29, 1.82) is 0 Å². The summed E-state index contributed by atoms with van der Waals surface area (Å²) in [5, 5.41) is 13.5. The average Bonchev–Trinajstić information content (AvgIpc) is 3.29. The summed E-state index contributed by atoms with van der Waals surface area (Å²) in [4.78, 5) is 25.6. The van der Waals surface area contributed by atoms with E-state index < -0.39 is 5.97 Å². The second-order valence-corrected chi connectivity index (χ2v) is 7.57. The van der Waals surface area contributed by atoms with Crippen LogP contribution in [0.3, 0.4) is 0 Å². The van der Waals surface area contributed by atoms with Gasteiger partial charge in [0.25, 0.3) is 5.91 Å². The largest absolute Gasteiger partial charge is 0.481 e. The standard InChI is InChI=1S/C22H29N3O4/c1-4-29-14-17-11-12-24(13-17)22(28)18-5-7-19(8-6-18)25-16(3)20(15(2)23-25)9-10-21(26)27/h5-8,17H,4,9-14H2,1-3H3,(H,26,27)/t17-/m0/s1. The Morgan fingerprint density at radius 2 is 1.97 bits per heavy atom. The number of carbonyl (C=O) groups excluding carboxylic acids is 1. The van der Waals surface area contributed by atoms with Crippen molar-refractivity contribution in [1.82, 2.24) is 14.7 Å². The number of benzene rings is 1. The molecular weight excluding hydrogens is 370 g/mol. The maximum Gasteiger partial charge on any atom is 0.303 e. The fourth-order valence-electron chi connectivity index (χ4n) is 3.89. The third kappa shape index (κ3) is 4.85. The molecule has 1 atom stereocenters. The van der Waals surface area contributed by atoms with Gasteiger partial charge < -0.3 is 14.7 Å². The number of likely N-dealkylation sites (tertiary alicyclic amines) is 1. The Hall–Kier alpha value is -2.67. The van der Waals surface area contributed by atoms with Gasteiger partial charge in [0.15, 0.2) is 0 Å². The summed E-state index contributed by atoms with van der Waals surface area (Å²) in [7, 11) is 0. The first-order chi connectivity index (χ1) is 13.9. The Balaban J connectivity index is 1.70. The van der Waals surface area contributed by atoms with E-state index in [9.17, 15) is 9.59 Å². The smallest absolute Gasteiger partial charge is 0.303 e. The van der Waals surface area contributed by atoms with Gasteiger partial charge in [-0.2, -0.15) is 5.10 Å². The van der Waals surface area contributed by atoms with Crippen molar-refractivity contribution in [3.63, 3.8) is 0 Å². The molecule has 1 aromatic heterocycles. The van der Waals surface area contributed by atoms with Crippen LogP contribution < -0.4 is 0 Å². The van der Waals surface area contributed by atoms with E-state index in [1.54, 1.807) is 0 Å². The van der Waals surface area contributed by atoms with Crippen molar-refractivity contribution in [2.45, 2.75) is 40.0 Å². The Morgan fingerprint density at radius 3 is 2.62 bits per heavy atom. The minimum Gasteiger partial charge on any atom is -0.481 e. The zero-order valence-electron chi connectivity index (χ0n) is 17.4. The maximum absolute atomic E-state index is 12.8. The number of nitrogens with zero attached hydrogens (tertiary/aromatic N) is 3. The van der Waals surface area contributed by atoms with Gasteiger partial charge in [-0.05, 0) is 63.4 Å². The van der Waals surface area contributed by atoms with Crippen molar-refractivity contribution in [2.75, 3.05) is 26.3 Å². The number of carbonyl (C=O) groups is 2. The molecule has 1 fully saturated rings. The molecule has 7 nitrogen and oxygen atoms in total. The molecule has 3 rings (SSSR count). The van der Waals surface area contributed by atoms with Crippen LogP contribution in [0.4, 0.5) is 0 Å². The molecule has 0 aliphatic carbocycles. The summed E-state index contributed by atoms with van der Waals surface area (Å²) in [6.45, 7) is 8.74. The molecule has 0 bridgehead atoms. The molecule has 1 aromatic carbocycles. The van der Waals surface area contributed by atoms with Crippen LogP contribution in [0.15, 0.2) is 24.3 Å². The number of aryl methyl sites for hydroxylation is 1. The molecule has 7 heteroatoms. The highest BCUT2D eigenvalue weighted by Crippen LogP contribution is 2.22. The minimum atomic E-state index is -0.815. The number of aromatic nitrogens is 2. The predicted molar refractivity (Wildman–Crippen MR) is 109 cm³/mol. The quantitative estimate of drug-likeness (QED) is 0.738. The predicted octanol–water partition coefficient (Wildman–Crippen LogP) is 3.00. The summed E-state index contributed by atoms with van der Waals surface area (Å²) in [6, 6.07) is 7.45.